The molecule has 0 aliphatic carbocycles. The minimum atomic E-state index is -0.491. The maximum absolute atomic E-state index is 12.5. The molecule has 0 N–H and O–H groups in total. The highest BCUT2D eigenvalue weighted by Gasteiger charge is 2.24. The molecule has 2 aromatic rings. The number of anilines is 2. The van der Waals surface area contributed by atoms with Crippen molar-refractivity contribution >= 4 is 35.3 Å². The van der Waals surface area contributed by atoms with Crippen LogP contribution in [0.4, 0.5) is 11.4 Å². The van der Waals surface area contributed by atoms with Crippen molar-refractivity contribution in [3.8, 4) is 11.5 Å². The molecule has 0 aromatic heterocycles. The molecular formula is C33H46N2O10. The SMILES string of the molecule is CCOC(=O)CN(CC(=O)OCC)c1ccc(C)cc1OCCOc1cc(C)cc(C)c1N(CC(=O)OCC)CC(=O)OCC. The first-order valence-electron chi connectivity index (χ1n) is 15.1. The van der Waals surface area contributed by atoms with Crippen LogP contribution in [0.3, 0.4) is 0 Å². The van der Waals surface area contributed by atoms with Crippen LogP contribution in [-0.4, -0.2) is 89.7 Å². The van der Waals surface area contributed by atoms with E-state index in [-0.39, 0.29) is 65.8 Å². The van der Waals surface area contributed by atoms with Crippen LogP contribution >= 0.6 is 0 Å². The second-order valence-corrected chi connectivity index (χ2v) is 10.0. The van der Waals surface area contributed by atoms with E-state index in [1.54, 1.807) is 49.6 Å². The number of carbonyl (C=O) groups is 4. The molecule has 0 saturated heterocycles. The standard InChI is InChI=1S/C33H46N2O10/c1-8-40-29(36)19-34(20-30(37)41-9-2)26-13-12-23(5)17-27(26)44-14-15-45-28-18-24(6)16-25(7)33(28)35(21-31(38)42-10-3)22-32(39)43-11-4/h12-13,16-18H,8-11,14-15,19-22H2,1-7H3. The minimum Gasteiger partial charge on any atom is -0.488 e. The van der Waals surface area contributed by atoms with E-state index in [4.69, 9.17) is 28.4 Å². The fourth-order valence-electron chi connectivity index (χ4n) is 4.63. The molecule has 12 nitrogen and oxygen atoms in total. The molecular weight excluding hydrogens is 584 g/mol. The van der Waals surface area contributed by atoms with E-state index in [9.17, 15) is 19.2 Å². The molecule has 0 saturated carbocycles. The van der Waals surface area contributed by atoms with E-state index in [1.807, 2.05) is 39.0 Å². The summed E-state index contributed by atoms with van der Waals surface area (Å²) in [5, 5.41) is 0. The lowest BCUT2D eigenvalue weighted by Gasteiger charge is -2.27. The van der Waals surface area contributed by atoms with E-state index >= 15 is 0 Å². The quantitative estimate of drug-likeness (QED) is 0.127. The lowest BCUT2D eigenvalue weighted by molar-refractivity contribution is -0.144. The molecule has 45 heavy (non-hydrogen) atoms. The van der Waals surface area contributed by atoms with Crippen LogP contribution < -0.4 is 19.3 Å². The van der Waals surface area contributed by atoms with Crippen LogP contribution in [0, 0.1) is 20.8 Å². The summed E-state index contributed by atoms with van der Waals surface area (Å²) in [6, 6.07) is 9.19. The maximum atomic E-state index is 12.5. The van der Waals surface area contributed by atoms with Crippen molar-refractivity contribution in [2.24, 2.45) is 0 Å². The fourth-order valence-corrected chi connectivity index (χ4v) is 4.63. The lowest BCUT2D eigenvalue weighted by atomic mass is 10.1. The van der Waals surface area contributed by atoms with Crippen LogP contribution in [-0.2, 0) is 38.1 Å². The van der Waals surface area contributed by atoms with Crippen LogP contribution in [0.1, 0.15) is 44.4 Å². The topological polar surface area (TPSA) is 130 Å². The van der Waals surface area contributed by atoms with Gasteiger partial charge in [0, 0.05) is 0 Å². The Morgan fingerprint density at radius 1 is 0.556 bits per heavy atom. The molecule has 0 fully saturated rings. The van der Waals surface area contributed by atoms with Gasteiger partial charge >= 0.3 is 23.9 Å². The highest BCUT2D eigenvalue weighted by molar-refractivity contribution is 5.84. The lowest BCUT2D eigenvalue weighted by Crippen LogP contribution is -2.37. The Kier molecular flexibility index (Phi) is 15.5. The highest BCUT2D eigenvalue weighted by atomic mass is 16.5. The van der Waals surface area contributed by atoms with Gasteiger partial charge in [0.15, 0.2) is 0 Å². The number of hydrogen-bond donors (Lipinski definition) is 0. The monoisotopic (exact) mass is 630 g/mol. The fraction of sp³-hybridized carbons (Fsp3) is 0.515. The molecule has 0 spiro atoms. The zero-order valence-electron chi connectivity index (χ0n) is 27.4. The van der Waals surface area contributed by atoms with Gasteiger partial charge in [-0.1, -0.05) is 12.1 Å². The number of carbonyl (C=O) groups excluding carboxylic acids is 4. The molecule has 0 heterocycles. The number of ether oxygens (including phenoxy) is 6. The van der Waals surface area contributed by atoms with Crippen LogP contribution in [0.15, 0.2) is 30.3 Å². The number of rotatable bonds is 19. The molecule has 2 rings (SSSR count). The van der Waals surface area contributed by atoms with Crippen LogP contribution in [0.5, 0.6) is 11.5 Å². The molecule has 0 amide bonds. The van der Waals surface area contributed by atoms with Gasteiger partial charge in [0.1, 0.15) is 50.9 Å². The average Bonchev–Trinajstić information content (AvgIpc) is 2.95. The number of hydrogen-bond acceptors (Lipinski definition) is 12. The Labute approximate surface area is 265 Å². The van der Waals surface area contributed by atoms with Crippen molar-refractivity contribution in [2.75, 3.05) is 75.6 Å². The predicted octanol–water partition coefficient (Wildman–Crippen LogP) is 3.93. The zero-order chi connectivity index (χ0) is 33.4. The smallest absolute Gasteiger partial charge is 0.325 e. The molecule has 0 atom stereocenters. The van der Waals surface area contributed by atoms with Crippen molar-refractivity contribution in [3.05, 3.63) is 47.0 Å². The molecule has 0 aliphatic heterocycles. The Hall–Kier alpha value is -4.48. The van der Waals surface area contributed by atoms with E-state index in [1.165, 1.54) is 0 Å². The third kappa shape index (κ3) is 12.2. The molecule has 2 aromatic carbocycles. The first-order chi connectivity index (χ1) is 21.5. The van der Waals surface area contributed by atoms with Gasteiger partial charge in [-0.15, -0.1) is 0 Å². The summed E-state index contributed by atoms with van der Waals surface area (Å²) in [5.74, 6) is -1.06. The summed E-state index contributed by atoms with van der Waals surface area (Å²) >= 11 is 0. The van der Waals surface area contributed by atoms with Crippen LogP contribution in [0.25, 0.3) is 0 Å². The first kappa shape index (κ1) is 36.7. The summed E-state index contributed by atoms with van der Waals surface area (Å²) in [4.78, 5) is 52.8. The molecule has 12 heteroatoms. The van der Waals surface area contributed by atoms with Gasteiger partial charge in [-0.3, -0.25) is 19.2 Å². The van der Waals surface area contributed by atoms with Gasteiger partial charge in [-0.2, -0.15) is 0 Å². The van der Waals surface area contributed by atoms with E-state index in [0.717, 1.165) is 16.7 Å². The number of benzene rings is 2. The van der Waals surface area contributed by atoms with Crippen molar-refractivity contribution in [1.29, 1.82) is 0 Å². The summed E-state index contributed by atoms with van der Waals surface area (Å²) in [7, 11) is 0. The molecule has 0 aliphatic rings. The second-order valence-electron chi connectivity index (χ2n) is 10.0. The van der Waals surface area contributed by atoms with Gasteiger partial charge < -0.3 is 38.2 Å². The highest BCUT2D eigenvalue weighted by Crippen LogP contribution is 2.34. The zero-order valence-corrected chi connectivity index (χ0v) is 27.4. The van der Waals surface area contributed by atoms with E-state index in [0.29, 0.717) is 22.9 Å². The van der Waals surface area contributed by atoms with Gasteiger partial charge in [-0.05, 0) is 83.4 Å². The van der Waals surface area contributed by atoms with Crippen molar-refractivity contribution in [3.63, 3.8) is 0 Å². The van der Waals surface area contributed by atoms with Gasteiger partial charge in [0.25, 0.3) is 0 Å². The Morgan fingerprint density at radius 3 is 1.44 bits per heavy atom. The Morgan fingerprint density at radius 2 is 0.978 bits per heavy atom. The second kappa shape index (κ2) is 19.0. The minimum absolute atomic E-state index is 0.102. The Bertz CT molecular complexity index is 1260. The predicted molar refractivity (Wildman–Crippen MR) is 169 cm³/mol. The largest absolute Gasteiger partial charge is 0.488 e. The van der Waals surface area contributed by atoms with E-state index in [2.05, 4.69) is 0 Å². The normalized spacial score (nSPS) is 10.5. The summed E-state index contributed by atoms with van der Waals surface area (Å²) in [6.07, 6.45) is 0. The van der Waals surface area contributed by atoms with Gasteiger partial charge in [-0.25, -0.2) is 0 Å². The molecule has 0 bridgehead atoms. The number of aryl methyl sites for hydroxylation is 3. The molecule has 0 radical (unpaired) electrons. The average molecular weight is 631 g/mol. The van der Waals surface area contributed by atoms with E-state index < -0.39 is 23.9 Å². The van der Waals surface area contributed by atoms with Crippen molar-refractivity contribution < 1.29 is 47.6 Å². The third-order valence-corrected chi connectivity index (χ3v) is 6.28. The Balaban J connectivity index is 2.30. The van der Waals surface area contributed by atoms with Crippen molar-refractivity contribution in [2.45, 2.75) is 48.5 Å². The van der Waals surface area contributed by atoms with Crippen LogP contribution in [0.2, 0.25) is 0 Å². The van der Waals surface area contributed by atoms with Crippen molar-refractivity contribution in [1.82, 2.24) is 0 Å². The number of nitrogens with zero attached hydrogens (tertiary/aromatic N) is 2. The summed E-state index contributed by atoms with van der Waals surface area (Å²) < 4.78 is 32.8. The maximum Gasteiger partial charge on any atom is 0.325 e. The first-order valence-corrected chi connectivity index (χ1v) is 15.1. The summed E-state index contributed by atoms with van der Waals surface area (Å²) in [6.45, 7) is 12.9. The third-order valence-electron chi connectivity index (χ3n) is 6.28. The van der Waals surface area contributed by atoms with Gasteiger partial charge in [0.05, 0.1) is 37.8 Å². The van der Waals surface area contributed by atoms with Gasteiger partial charge in [0.2, 0.25) is 0 Å². The number of esters is 4. The summed E-state index contributed by atoms with van der Waals surface area (Å²) in [5.41, 5.74) is 3.71. The molecule has 0 unspecified atom stereocenters. The molecule has 248 valence electrons.